The largest absolute Gasteiger partial charge is 0.490 e. The van der Waals surface area contributed by atoms with Crippen LogP contribution in [0, 0.1) is 10.1 Å². The number of nitrogens with one attached hydrogen (secondary N) is 2. The molecule has 23 heavy (non-hydrogen) atoms. The predicted octanol–water partition coefficient (Wildman–Crippen LogP) is 2.90. The van der Waals surface area contributed by atoms with Gasteiger partial charge < -0.3 is 15.4 Å². The number of hydrogen-bond acceptors (Lipinski definition) is 5. The van der Waals surface area contributed by atoms with Crippen LogP contribution in [0.3, 0.4) is 0 Å². The summed E-state index contributed by atoms with van der Waals surface area (Å²) >= 11 is 0. The minimum atomic E-state index is -0.413. The molecule has 1 aliphatic rings. The molecular weight excluding hydrogens is 294 g/mol. The molecule has 0 radical (unpaired) electrons. The van der Waals surface area contributed by atoms with E-state index in [1.54, 1.807) is 18.2 Å². The van der Waals surface area contributed by atoms with Crippen molar-refractivity contribution in [2.24, 2.45) is 0 Å². The molecule has 1 unspecified atom stereocenters. The third kappa shape index (κ3) is 3.12. The summed E-state index contributed by atoms with van der Waals surface area (Å²) in [5.74, 6) is 0.261. The molecule has 1 atom stereocenters. The number of ether oxygens (including phenoxy) is 1. The van der Waals surface area contributed by atoms with E-state index in [0.717, 1.165) is 13.0 Å². The topological polar surface area (TPSA) is 76.4 Å². The Bertz CT molecular complexity index is 718. The summed E-state index contributed by atoms with van der Waals surface area (Å²) in [6, 6.07) is 13.5. The Hall–Kier alpha value is -2.60. The first kappa shape index (κ1) is 15.3. The Morgan fingerprint density at radius 3 is 2.91 bits per heavy atom. The van der Waals surface area contributed by atoms with Gasteiger partial charge in [0.05, 0.1) is 12.0 Å². The molecule has 0 saturated heterocycles. The van der Waals surface area contributed by atoms with Gasteiger partial charge in [0, 0.05) is 12.6 Å². The monoisotopic (exact) mass is 313 g/mol. The number of benzene rings is 2. The number of fused-ring (bicyclic) bond motifs is 1. The van der Waals surface area contributed by atoms with Gasteiger partial charge in [0.2, 0.25) is 0 Å². The molecule has 3 rings (SSSR count). The molecule has 0 spiro atoms. The van der Waals surface area contributed by atoms with Gasteiger partial charge in [-0.05, 0) is 36.2 Å². The van der Waals surface area contributed by atoms with E-state index in [0.29, 0.717) is 12.2 Å². The number of methoxy groups -OCH3 is 1. The van der Waals surface area contributed by atoms with E-state index in [1.165, 1.54) is 18.2 Å². The van der Waals surface area contributed by atoms with Crippen molar-refractivity contribution in [2.45, 2.75) is 12.5 Å². The summed E-state index contributed by atoms with van der Waals surface area (Å²) in [5.41, 5.74) is 3.02. The number of rotatable bonds is 5. The maximum absolute atomic E-state index is 11.3. The lowest BCUT2D eigenvalue weighted by atomic mass is 9.94. The molecule has 2 aromatic carbocycles. The minimum absolute atomic E-state index is 0.0286. The van der Waals surface area contributed by atoms with Crippen LogP contribution >= 0.6 is 0 Å². The Morgan fingerprint density at radius 1 is 1.30 bits per heavy atom. The van der Waals surface area contributed by atoms with Crippen LogP contribution in [-0.4, -0.2) is 25.1 Å². The van der Waals surface area contributed by atoms with Crippen molar-refractivity contribution >= 4 is 11.4 Å². The number of hydrogen-bond donors (Lipinski definition) is 2. The van der Waals surface area contributed by atoms with Gasteiger partial charge in [-0.25, -0.2) is 0 Å². The van der Waals surface area contributed by atoms with Crippen molar-refractivity contribution < 1.29 is 9.66 Å². The zero-order valence-electron chi connectivity index (χ0n) is 12.9. The van der Waals surface area contributed by atoms with Crippen LogP contribution in [0.25, 0.3) is 0 Å². The van der Waals surface area contributed by atoms with Crippen LogP contribution < -0.4 is 15.4 Å². The summed E-state index contributed by atoms with van der Waals surface area (Å²) < 4.78 is 5.10. The van der Waals surface area contributed by atoms with Gasteiger partial charge in [-0.15, -0.1) is 0 Å². The molecule has 0 aliphatic carbocycles. The normalized spacial score (nSPS) is 16.5. The van der Waals surface area contributed by atoms with Gasteiger partial charge in [0.25, 0.3) is 0 Å². The van der Waals surface area contributed by atoms with Crippen molar-refractivity contribution in [1.82, 2.24) is 5.32 Å². The smallest absolute Gasteiger partial charge is 0.333 e. The Balaban J connectivity index is 1.81. The fraction of sp³-hybridized carbons (Fsp3) is 0.294. The third-order valence-corrected chi connectivity index (χ3v) is 4.11. The summed E-state index contributed by atoms with van der Waals surface area (Å²) in [6.07, 6.45) is 1.01. The molecule has 0 aromatic heterocycles. The average Bonchev–Trinajstić information content (AvgIpc) is 2.59. The van der Waals surface area contributed by atoms with Gasteiger partial charge >= 0.3 is 5.69 Å². The molecule has 0 amide bonds. The SMILES string of the molecule is COc1cccc(NCC2NCCc3ccccc32)c1[N+](=O)[O-]. The molecule has 0 saturated carbocycles. The van der Waals surface area contributed by atoms with Crippen molar-refractivity contribution in [1.29, 1.82) is 0 Å². The maximum Gasteiger partial charge on any atom is 0.333 e. The summed E-state index contributed by atoms with van der Waals surface area (Å²) in [6.45, 7) is 1.48. The fourth-order valence-corrected chi connectivity index (χ4v) is 3.00. The molecule has 6 nitrogen and oxygen atoms in total. The standard InChI is InChI=1S/C17H19N3O3/c1-23-16-8-4-7-14(17(16)20(21)22)19-11-15-13-6-3-2-5-12(13)9-10-18-15/h2-8,15,18-19H,9-11H2,1H3. The fourth-order valence-electron chi connectivity index (χ4n) is 3.00. The number of nitrogens with zero attached hydrogens (tertiary/aromatic N) is 1. The lowest BCUT2D eigenvalue weighted by Crippen LogP contribution is -2.34. The van der Waals surface area contributed by atoms with Crippen LogP contribution in [0.2, 0.25) is 0 Å². The molecular formula is C17H19N3O3. The van der Waals surface area contributed by atoms with E-state index < -0.39 is 4.92 Å². The average molecular weight is 313 g/mol. The molecule has 2 N–H and O–H groups in total. The highest BCUT2D eigenvalue weighted by Gasteiger charge is 2.23. The van der Waals surface area contributed by atoms with Crippen LogP contribution in [0.5, 0.6) is 5.75 Å². The quantitative estimate of drug-likeness (QED) is 0.655. The van der Waals surface area contributed by atoms with Crippen molar-refractivity contribution in [3.8, 4) is 5.75 Å². The summed E-state index contributed by atoms with van der Waals surface area (Å²) in [5, 5.41) is 18.0. The van der Waals surface area contributed by atoms with Crippen LogP contribution in [0.15, 0.2) is 42.5 Å². The summed E-state index contributed by atoms with van der Waals surface area (Å²) in [4.78, 5) is 10.9. The third-order valence-electron chi connectivity index (χ3n) is 4.11. The Kier molecular flexibility index (Phi) is 4.43. The van der Waals surface area contributed by atoms with E-state index >= 15 is 0 Å². The molecule has 2 aromatic rings. The van der Waals surface area contributed by atoms with Crippen molar-refractivity contribution in [3.63, 3.8) is 0 Å². The van der Waals surface area contributed by atoms with Crippen LogP contribution in [0.4, 0.5) is 11.4 Å². The minimum Gasteiger partial charge on any atom is -0.490 e. The van der Waals surface area contributed by atoms with E-state index in [2.05, 4.69) is 22.8 Å². The number of nitro groups is 1. The highest BCUT2D eigenvalue weighted by molar-refractivity contribution is 5.68. The maximum atomic E-state index is 11.3. The molecule has 0 bridgehead atoms. The predicted molar refractivity (Wildman–Crippen MR) is 89.0 cm³/mol. The van der Waals surface area contributed by atoms with Crippen LogP contribution in [-0.2, 0) is 6.42 Å². The van der Waals surface area contributed by atoms with E-state index in [9.17, 15) is 10.1 Å². The zero-order chi connectivity index (χ0) is 16.2. The number of anilines is 1. The lowest BCUT2D eigenvalue weighted by molar-refractivity contribution is -0.384. The van der Waals surface area contributed by atoms with Gasteiger partial charge in [-0.1, -0.05) is 30.3 Å². The second-order valence-corrected chi connectivity index (χ2v) is 5.45. The molecule has 1 aliphatic heterocycles. The number of nitro benzene ring substituents is 1. The highest BCUT2D eigenvalue weighted by Crippen LogP contribution is 2.35. The van der Waals surface area contributed by atoms with E-state index in [1.807, 2.05) is 12.1 Å². The Morgan fingerprint density at radius 2 is 2.13 bits per heavy atom. The van der Waals surface area contributed by atoms with Crippen molar-refractivity contribution in [3.05, 3.63) is 63.7 Å². The first-order valence-electron chi connectivity index (χ1n) is 7.57. The molecule has 120 valence electrons. The van der Waals surface area contributed by atoms with Gasteiger partial charge in [-0.3, -0.25) is 10.1 Å². The second-order valence-electron chi connectivity index (χ2n) is 5.45. The second kappa shape index (κ2) is 6.66. The van der Waals surface area contributed by atoms with Crippen molar-refractivity contribution in [2.75, 3.05) is 25.5 Å². The van der Waals surface area contributed by atoms with Gasteiger partial charge in [-0.2, -0.15) is 0 Å². The first-order valence-corrected chi connectivity index (χ1v) is 7.57. The first-order chi connectivity index (χ1) is 11.2. The summed E-state index contributed by atoms with van der Waals surface area (Å²) in [7, 11) is 1.44. The van der Waals surface area contributed by atoms with E-state index in [-0.39, 0.29) is 17.5 Å². The van der Waals surface area contributed by atoms with Gasteiger partial charge in [0.1, 0.15) is 5.69 Å². The highest BCUT2D eigenvalue weighted by atomic mass is 16.6. The lowest BCUT2D eigenvalue weighted by Gasteiger charge is -2.27. The van der Waals surface area contributed by atoms with Crippen LogP contribution in [0.1, 0.15) is 17.2 Å². The molecule has 6 heteroatoms. The Labute approximate surface area is 134 Å². The molecule has 0 fully saturated rings. The molecule has 1 heterocycles. The zero-order valence-corrected chi connectivity index (χ0v) is 12.9. The number of para-hydroxylation sites is 1. The van der Waals surface area contributed by atoms with Gasteiger partial charge in [0.15, 0.2) is 5.75 Å². The van der Waals surface area contributed by atoms with E-state index in [4.69, 9.17) is 4.74 Å².